The second-order valence-corrected chi connectivity index (χ2v) is 5.43. The van der Waals surface area contributed by atoms with Gasteiger partial charge >= 0.3 is 0 Å². The predicted octanol–water partition coefficient (Wildman–Crippen LogP) is 1.79. The van der Waals surface area contributed by atoms with Gasteiger partial charge in [0.05, 0.1) is 6.04 Å². The first-order chi connectivity index (χ1) is 9.25. The molecule has 0 spiro atoms. The zero-order valence-electron chi connectivity index (χ0n) is 11.4. The lowest BCUT2D eigenvalue weighted by Crippen LogP contribution is -2.48. The van der Waals surface area contributed by atoms with E-state index in [0.29, 0.717) is 6.61 Å². The third kappa shape index (κ3) is 2.16. The normalized spacial score (nSPS) is 24.4. The first-order valence-electron chi connectivity index (χ1n) is 7.21. The number of carbonyl (C=O) groups excluding carboxylic acids is 1. The molecule has 1 atom stereocenters. The summed E-state index contributed by atoms with van der Waals surface area (Å²) in [6.07, 6.45) is 8.52. The summed E-state index contributed by atoms with van der Waals surface area (Å²) in [7, 11) is 0. The second-order valence-electron chi connectivity index (χ2n) is 5.43. The van der Waals surface area contributed by atoms with Crippen LogP contribution < -0.4 is 5.32 Å². The Bertz CT molecular complexity index is 463. The number of nitrogens with one attached hydrogen (secondary N) is 1. The van der Waals surface area contributed by atoms with Crippen LogP contribution in [-0.2, 0) is 16.1 Å². The molecule has 1 amide bonds. The van der Waals surface area contributed by atoms with Crippen LogP contribution in [0.5, 0.6) is 0 Å². The fourth-order valence-electron chi connectivity index (χ4n) is 3.30. The Morgan fingerprint density at radius 2 is 2.37 bits per heavy atom. The number of rotatable bonds is 4. The van der Waals surface area contributed by atoms with E-state index in [4.69, 9.17) is 4.74 Å². The Hall–Kier alpha value is -1.36. The van der Waals surface area contributed by atoms with Gasteiger partial charge in [0.15, 0.2) is 0 Å². The first-order valence-corrected chi connectivity index (χ1v) is 7.21. The average molecular weight is 263 g/mol. The molecule has 1 fully saturated rings. The summed E-state index contributed by atoms with van der Waals surface area (Å²) in [6, 6.07) is 0.0421. The molecular weight excluding hydrogens is 242 g/mol. The minimum Gasteiger partial charge on any atom is -0.365 e. The Morgan fingerprint density at radius 1 is 1.58 bits per heavy atom. The summed E-state index contributed by atoms with van der Waals surface area (Å²) >= 11 is 0. The van der Waals surface area contributed by atoms with Crippen LogP contribution in [0.4, 0.5) is 0 Å². The summed E-state index contributed by atoms with van der Waals surface area (Å²) in [6.45, 7) is 3.48. The second kappa shape index (κ2) is 4.96. The molecule has 1 aromatic heterocycles. The molecule has 1 saturated carbocycles. The maximum absolute atomic E-state index is 12.6. The summed E-state index contributed by atoms with van der Waals surface area (Å²) in [5, 5.41) is 3.14. The number of amides is 1. The highest BCUT2D eigenvalue weighted by molar-refractivity contribution is 5.85. The molecule has 0 radical (unpaired) electrons. The maximum atomic E-state index is 12.6. The number of carbonyl (C=O) groups is 1. The van der Waals surface area contributed by atoms with Gasteiger partial charge in [0.1, 0.15) is 11.4 Å². The van der Waals surface area contributed by atoms with Crippen molar-refractivity contribution in [3.05, 3.63) is 18.2 Å². The van der Waals surface area contributed by atoms with Crippen LogP contribution in [0, 0.1) is 0 Å². The topological polar surface area (TPSA) is 56.1 Å². The SMILES string of the molecule is CCOC1(C(=O)N[C@H]2CCn3ccnc32)CCCC1. The Kier molecular flexibility index (Phi) is 3.31. The van der Waals surface area contributed by atoms with Gasteiger partial charge in [-0.05, 0) is 39.0 Å². The number of nitrogens with zero attached hydrogens (tertiary/aromatic N) is 2. The molecule has 0 saturated heterocycles. The van der Waals surface area contributed by atoms with E-state index in [-0.39, 0.29) is 11.9 Å². The Morgan fingerprint density at radius 3 is 3.11 bits per heavy atom. The van der Waals surface area contributed by atoms with E-state index in [2.05, 4.69) is 14.9 Å². The molecule has 19 heavy (non-hydrogen) atoms. The fourth-order valence-corrected chi connectivity index (χ4v) is 3.30. The minimum absolute atomic E-state index is 0.0421. The van der Waals surface area contributed by atoms with Gasteiger partial charge in [-0.3, -0.25) is 4.79 Å². The largest absolute Gasteiger partial charge is 0.365 e. The monoisotopic (exact) mass is 263 g/mol. The molecule has 5 heteroatoms. The molecule has 2 heterocycles. The van der Waals surface area contributed by atoms with E-state index >= 15 is 0 Å². The van der Waals surface area contributed by atoms with Crippen LogP contribution in [0.15, 0.2) is 12.4 Å². The molecule has 1 N–H and O–H groups in total. The van der Waals surface area contributed by atoms with Crippen molar-refractivity contribution in [2.75, 3.05) is 6.61 Å². The van der Waals surface area contributed by atoms with Crippen LogP contribution in [0.2, 0.25) is 0 Å². The average Bonchev–Trinajstić information content (AvgIpc) is 3.07. The van der Waals surface area contributed by atoms with Gasteiger partial charge in [-0.1, -0.05) is 0 Å². The van der Waals surface area contributed by atoms with E-state index in [9.17, 15) is 4.79 Å². The molecule has 0 aromatic carbocycles. The van der Waals surface area contributed by atoms with Crippen molar-refractivity contribution in [3.63, 3.8) is 0 Å². The van der Waals surface area contributed by atoms with E-state index < -0.39 is 5.60 Å². The predicted molar refractivity (Wildman–Crippen MR) is 70.6 cm³/mol. The molecular formula is C14H21N3O2. The third-order valence-corrected chi connectivity index (χ3v) is 4.27. The number of aryl methyl sites for hydroxylation is 1. The van der Waals surface area contributed by atoms with Crippen LogP contribution in [0.25, 0.3) is 0 Å². The maximum Gasteiger partial charge on any atom is 0.252 e. The lowest BCUT2D eigenvalue weighted by atomic mass is 10.00. The van der Waals surface area contributed by atoms with E-state index in [1.54, 1.807) is 6.20 Å². The smallest absolute Gasteiger partial charge is 0.252 e. The number of aromatic nitrogens is 2. The fraction of sp³-hybridized carbons (Fsp3) is 0.714. The zero-order chi connectivity index (χ0) is 13.3. The summed E-state index contributed by atoms with van der Waals surface area (Å²) in [4.78, 5) is 16.9. The summed E-state index contributed by atoms with van der Waals surface area (Å²) < 4.78 is 7.90. The van der Waals surface area contributed by atoms with Crippen molar-refractivity contribution in [3.8, 4) is 0 Å². The van der Waals surface area contributed by atoms with Crippen molar-refractivity contribution >= 4 is 5.91 Å². The quantitative estimate of drug-likeness (QED) is 0.901. The van der Waals surface area contributed by atoms with Crippen molar-refractivity contribution in [1.82, 2.24) is 14.9 Å². The van der Waals surface area contributed by atoms with Gasteiger partial charge in [0.25, 0.3) is 5.91 Å². The number of fused-ring (bicyclic) bond motifs is 1. The van der Waals surface area contributed by atoms with Gasteiger partial charge in [-0.15, -0.1) is 0 Å². The van der Waals surface area contributed by atoms with E-state index in [1.807, 2.05) is 13.1 Å². The highest BCUT2D eigenvalue weighted by Crippen LogP contribution is 2.35. The van der Waals surface area contributed by atoms with Gasteiger partial charge < -0.3 is 14.6 Å². The Balaban J connectivity index is 1.71. The highest BCUT2D eigenvalue weighted by atomic mass is 16.5. The zero-order valence-corrected chi connectivity index (χ0v) is 11.4. The van der Waals surface area contributed by atoms with Crippen LogP contribution in [-0.4, -0.2) is 27.7 Å². The highest BCUT2D eigenvalue weighted by Gasteiger charge is 2.43. The van der Waals surface area contributed by atoms with Crippen molar-refractivity contribution in [1.29, 1.82) is 0 Å². The molecule has 2 aliphatic rings. The van der Waals surface area contributed by atoms with Crippen LogP contribution in [0.3, 0.4) is 0 Å². The number of hydrogen-bond donors (Lipinski definition) is 1. The van der Waals surface area contributed by atoms with E-state index in [1.165, 1.54) is 0 Å². The molecule has 1 aromatic rings. The van der Waals surface area contributed by atoms with Gasteiger partial charge in [-0.25, -0.2) is 4.98 Å². The van der Waals surface area contributed by atoms with Gasteiger partial charge in [0, 0.05) is 25.5 Å². The molecule has 1 aliphatic carbocycles. The van der Waals surface area contributed by atoms with E-state index in [0.717, 1.165) is 44.5 Å². The lowest BCUT2D eigenvalue weighted by molar-refractivity contribution is -0.146. The van der Waals surface area contributed by atoms with Crippen molar-refractivity contribution in [2.24, 2.45) is 0 Å². The Labute approximate surface area is 113 Å². The summed E-state index contributed by atoms with van der Waals surface area (Å²) in [5.74, 6) is 1.02. The molecule has 0 unspecified atom stereocenters. The van der Waals surface area contributed by atoms with Gasteiger partial charge in [-0.2, -0.15) is 0 Å². The summed E-state index contributed by atoms with van der Waals surface area (Å²) in [5.41, 5.74) is -0.589. The van der Waals surface area contributed by atoms with Crippen LogP contribution >= 0.6 is 0 Å². The molecule has 3 rings (SSSR count). The molecule has 5 nitrogen and oxygen atoms in total. The number of ether oxygens (including phenoxy) is 1. The molecule has 0 bridgehead atoms. The van der Waals surface area contributed by atoms with Gasteiger partial charge in [0.2, 0.25) is 0 Å². The van der Waals surface area contributed by atoms with Crippen LogP contribution in [0.1, 0.15) is 50.9 Å². The third-order valence-electron chi connectivity index (χ3n) is 4.27. The standard InChI is InChI=1S/C14H21N3O2/c1-2-19-14(6-3-4-7-14)13(18)16-11-5-9-17-10-8-15-12(11)17/h8,10-11H,2-7,9H2,1H3,(H,16,18)/t11-/m0/s1. The number of hydrogen-bond acceptors (Lipinski definition) is 3. The van der Waals surface area contributed by atoms with Crippen molar-refractivity contribution < 1.29 is 9.53 Å². The first kappa shape index (κ1) is 12.7. The molecule has 104 valence electrons. The lowest BCUT2D eigenvalue weighted by Gasteiger charge is -2.28. The number of imidazole rings is 1. The molecule has 1 aliphatic heterocycles. The minimum atomic E-state index is -0.589. The van der Waals surface area contributed by atoms with Crippen molar-refractivity contribution in [2.45, 2.75) is 57.2 Å².